The summed E-state index contributed by atoms with van der Waals surface area (Å²) >= 11 is 0. The van der Waals surface area contributed by atoms with Crippen LogP contribution in [0.1, 0.15) is 42.1 Å². The first-order valence-electron chi connectivity index (χ1n) is 6.10. The molecule has 1 fully saturated rings. The zero-order valence-electron chi connectivity index (χ0n) is 10.3. The lowest BCUT2D eigenvalue weighted by atomic mass is 9.92. The van der Waals surface area contributed by atoms with E-state index in [1.807, 2.05) is 0 Å². The Hall–Kier alpha value is -1.62. The molecule has 2 atom stereocenters. The third-order valence-corrected chi connectivity index (χ3v) is 3.53. The van der Waals surface area contributed by atoms with Gasteiger partial charge in [0.05, 0.1) is 6.10 Å². The molecule has 0 aromatic carbocycles. The molecule has 2 rings (SSSR count). The van der Waals surface area contributed by atoms with Gasteiger partial charge in [0.2, 0.25) is 0 Å². The molecule has 5 heteroatoms. The van der Waals surface area contributed by atoms with Crippen molar-refractivity contribution in [2.45, 2.75) is 37.8 Å². The van der Waals surface area contributed by atoms with E-state index in [0.717, 1.165) is 25.7 Å². The van der Waals surface area contributed by atoms with Crippen molar-refractivity contribution in [1.82, 2.24) is 4.57 Å². The van der Waals surface area contributed by atoms with Crippen LogP contribution >= 0.6 is 0 Å². The zero-order chi connectivity index (χ0) is 13.1. The number of pyridine rings is 1. The van der Waals surface area contributed by atoms with Crippen LogP contribution in [0.3, 0.4) is 0 Å². The van der Waals surface area contributed by atoms with Crippen LogP contribution in [0.5, 0.6) is 0 Å². The van der Waals surface area contributed by atoms with E-state index in [0.29, 0.717) is 0 Å². The Balaban J connectivity index is 2.31. The fourth-order valence-electron chi connectivity index (χ4n) is 2.55. The summed E-state index contributed by atoms with van der Waals surface area (Å²) in [6.45, 7) is 0. The molecule has 1 saturated carbocycles. The molecule has 0 aliphatic heterocycles. The van der Waals surface area contributed by atoms with Crippen LogP contribution in [-0.4, -0.2) is 28.9 Å². The topological polar surface area (TPSA) is 68.5 Å². The van der Waals surface area contributed by atoms with Crippen molar-refractivity contribution in [3.63, 3.8) is 0 Å². The lowest BCUT2D eigenvalue weighted by Gasteiger charge is -2.29. The summed E-state index contributed by atoms with van der Waals surface area (Å²) < 4.78 is 6.87. The highest BCUT2D eigenvalue weighted by Crippen LogP contribution is 2.28. The maximum atomic E-state index is 12.0. The third-order valence-electron chi connectivity index (χ3n) is 3.53. The number of hydrogen-bond donors (Lipinski definition) is 1. The van der Waals surface area contributed by atoms with Crippen molar-refractivity contribution in [1.29, 1.82) is 0 Å². The maximum Gasteiger partial charge on any atom is 0.341 e. The molecule has 98 valence electrons. The Morgan fingerprint density at radius 3 is 2.94 bits per heavy atom. The fourth-order valence-corrected chi connectivity index (χ4v) is 2.55. The second kappa shape index (κ2) is 5.35. The molecule has 0 spiro atoms. The normalized spacial score (nSPS) is 23.8. The minimum Gasteiger partial charge on any atom is -0.477 e. The molecule has 0 amide bonds. The Labute approximate surface area is 105 Å². The van der Waals surface area contributed by atoms with Crippen LogP contribution in [0.15, 0.2) is 23.1 Å². The lowest BCUT2D eigenvalue weighted by Crippen LogP contribution is -2.33. The largest absolute Gasteiger partial charge is 0.477 e. The summed E-state index contributed by atoms with van der Waals surface area (Å²) in [5.41, 5.74) is -0.594. The third kappa shape index (κ3) is 2.46. The summed E-state index contributed by atoms with van der Waals surface area (Å²) in [5.74, 6) is -1.17. The van der Waals surface area contributed by atoms with E-state index >= 15 is 0 Å². The summed E-state index contributed by atoms with van der Waals surface area (Å²) in [7, 11) is 1.67. The average molecular weight is 251 g/mol. The van der Waals surface area contributed by atoms with Crippen LogP contribution in [0.25, 0.3) is 0 Å². The fraction of sp³-hybridized carbons (Fsp3) is 0.538. The number of rotatable bonds is 3. The molecular formula is C13H17NO4. The highest BCUT2D eigenvalue weighted by atomic mass is 16.5. The lowest BCUT2D eigenvalue weighted by molar-refractivity contribution is 0.0522. The molecule has 1 aromatic heterocycles. The highest BCUT2D eigenvalue weighted by molar-refractivity contribution is 5.86. The van der Waals surface area contributed by atoms with Gasteiger partial charge in [0.1, 0.15) is 5.56 Å². The molecule has 0 radical (unpaired) electrons. The SMILES string of the molecule is CO[C@@H]1CCCC(n2cccc(C(=O)O)c2=O)C1. The number of ether oxygens (including phenoxy) is 1. The molecule has 5 nitrogen and oxygen atoms in total. The number of carbonyl (C=O) groups is 1. The van der Waals surface area contributed by atoms with Crippen molar-refractivity contribution in [2.24, 2.45) is 0 Å². The first-order chi connectivity index (χ1) is 8.63. The van der Waals surface area contributed by atoms with Gasteiger partial charge in [0.25, 0.3) is 5.56 Å². The van der Waals surface area contributed by atoms with Crippen LogP contribution in [0.2, 0.25) is 0 Å². The number of carboxylic acids is 1. The number of carboxylic acid groups (broad SMARTS) is 1. The van der Waals surface area contributed by atoms with Gasteiger partial charge in [0.15, 0.2) is 0 Å². The Morgan fingerprint density at radius 1 is 1.50 bits per heavy atom. The van der Waals surface area contributed by atoms with E-state index in [1.54, 1.807) is 19.4 Å². The van der Waals surface area contributed by atoms with Gasteiger partial charge in [-0.3, -0.25) is 4.79 Å². The van der Waals surface area contributed by atoms with E-state index in [1.165, 1.54) is 10.6 Å². The number of aromatic nitrogens is 1. The molecule has 18 heavy (non-hydrogen) atoms. The quantitative estimate of drug-likeness (QED) is 0.887. The van der Waals surface area contributed by atoms with Crippen molar-refractivity contribution < 1.29 is 14.6 Å². The van der Waals surface area contributed by atoms with E-state index < -0.39 is 11.5 Å². The molecule has 1 unspecified atom stereocenters. The minimum atomic E-state index is -1.17. The molecule has 0 bridgehead atoms. The van der Waals surface area contributed by atoms with Crippen LogP contribution in [-0.2, 0) is 4.74 Å². The van der Waals surface area contributed by atoms with Gasteiger partial charge in [0, 0.05) is 19.3 Å². The zero-order valence-corrected chi connectivity index (χ0v) is 10.3. The maximum absolute atomic E-state index is 12.0. The summed E-state index contributed by atoms with van der Waals surface area (Å²) in [6, 6.07) is 2.99. The summed E-state index contributed by atoms with van der Waals surface area (Å²) in [5, 5.41) is 8.95. The van der Waals surface area contributed by atoms with E-state index in [-0.39, 0.29) is 17.7 Å². The standard InChI is InChI=1S/C13H17NO4/c1-18-10-5-2-4-9(8-10)14-7-3-6-11(12(14)15)13(16)17/h3,6-7,9-10H,2,4-5,8H2,1H3,(H,16,17)/t9?,10-/m1/s1. The second-order valence-corrected chi connectivity index (χ2v) is 4.62. The van der Waals surface area contributed by atoms with Crippen molar-refractivity contribution in [3.8, 4) is 0 Å². The Morgan fingerprint density at radius 2 is 2.28 bits per heavy atom. The van der Waals surface area contributed by atoms with E-state index in [9.17, 15) is 9.59 Å². The van der Waals surface area contributed by atoms with E-state index in [4.69, 9.17) is 9.84 Å². The van der Waals surface area contributed by atoms with Crippen LogP contribution in [0, 0.1) is 0 Å². The second-order valence-electron chi connectivity index (χ2n) is 4.62. The van der Waals surface area contributed by atoms with Gasteiger partial charge in [-0.1, -0.05) is 0 Å². The first-order valence-corrected chi connectivity index (χ1v) is 6.10. The van der Waals surface area contributed by atoms with E-state index in [2.05, 4.69) is 0 Å². The van der Waals surface area contributed by atoms with Crippen LogP contribution < -0.4 is 5.56 Å². The Kier molecular flexibility index (Phi) is 3.81. The molecular weight excluding hydrogens is 234 g/mol. The smallest absolute Gasteiger partial charge is 0.341 e. The Bertz CT molecular complexity index is 494. The average Bonchev–Trinajstić information content (AvgIpc) is 2.38. The predicted molar refractivity (Wildman–Crippen MR) is 66.0 cm³/mol. The van der Waals surface area contributed by atoms with Crippen molar-refractivity contribution >= 4 is 5.97 Å². The summed E-state index contributed by atoms with van der Waals surface area (Å²) in [4.78, 5) is 23.0. The van der Waals surface area contributed by atoms with Gasteiger partial charge >= 0.3 is 5.97 Å². The van der Waals surface area contributed by atoms with Gasteiger partial charge < -0.3 is 14.4 Å². The van der Waals surface area contributed by atoms with Gasteiger partial charge in [-0.05, 0) is 37.8 Å². The predicted octanol–water partition coefficient (Wildman–Crippen LogP) is 1.68. The first kappa shape index (κ1) is 12.8. The van der Waals surface area contributed by atoms with Gasteiger partial charge in [-0.25, -0.2) is 4.79 Å². The monoisotopic (exact) mass is 251 g/mol. The number of hydrogen-bond acceptors (Lipinski definition) is 3. The highest BCUT2D eigenvalue weighted by Gasteiger charge is 2.24. The van der Waals surface area contributed by atoms with Crippen molar-refractivity contribution in [2.75, 3.05) is 7.11 Å². The minimum absolute atomic E-state index is 0.0375. The molecule has 1 aliphatic carbocycles. The number of aromatic carboxylic acids is 1. The summed E-state index contributed by atoms with van der Waals surface area (Å²) in [6.07, 6.45) is 5.47. The van der Waals surface area contributed by atoms with Crippen LogP contribution in [0.4, 0.5) is 0 Å². The number of methoxy groups -OCH3 is 1. The molecule has 1 aliphatic rings. The molecule has 0 saturated heterocycles. The molecule has 1 N–H and O–H groups in total. The number of nitrogens with zero attached hydrogens (tertiary/aromatic N) is 1. The van der Waals surface area contributed by atoms with Gasteiger partial charge in [-0.2, -0.15) is 0 Å². The molecule has 1 aromatic rings. The van der Waals surface area contributed by atoms with Crippen molar-refractivity contribution in [3.05, 3.63) is 34.2 Å². The molecule has 1 heterocycles. The van der Waals surface area contributed by atoms with Gasteiger partial charge in [-0.15, -0.1) is 0 Å².